The van der Waals surface area contributed by atoms with Gasteiger partial charge in [-0.05, 0) is 21.6 Å². The highest BCUT2D eigenvalue weighted by Gasteiger charge is 2.37. The van der Waals surface area contributed by atoms with Gasteiger partial charge in [-0.2, -0.15) is 9.97 Å². The molecule has 6 atom stereocenters. The molecule has 0 aromatic carbocycles. The maximum Gasteiger partial charge on any atom is 0.223 e. The number of aromatic nitrogens is 8. The summed E-state index contributed by atoms with van der Waals surface area (Å²) in [6.07, 6.45) is -0.575. The number of aliphatic hydroxyl groups is 4. The number of hydrogen-bond acceptors (Lipinski definition) is 16. The van der Waals surface area contributed by atoms with E-state index in [0.29, 0.717) is 32.4 Å². The quantitative estimate of drug-likeness (QED) is 0.119. The Morgan fingerprint density at radius 2 is 1.18 bits per heavy atom. The van der Waals surface area contributed by atoms with Gasteiger partial charge in [0.2, 0.25) is 11.9 Å². The van der Waals surface area contributed by atoms with Crippen molar-refractivity contribution in [3.63, 3.8) is 0 Å². The van der Waals surface area contributed by atoms with Crippen LogP contribution in [-0.4, -0.2) is 97.1 Å². The highest BCUT2D eigenvalue weighted by molar-refractivity contribution is 8.76. The van der Waals surface area contributed by atoms with Gasteiger partial charge in [0, 0.05) is 12.8 Å². The van der Waals surface area contributed by atoms with Crippen molar-refractivity contribution in [2.45, 2.75) is 59.8 Å². The average Bonchev–Trinajstić information content (AvgIpc) is 3.66. The number of anilines is 2. The molecule has 4 aromatic heterocycles. The number of nitrogens with two attached hydrogens (primary N) is 2. The first kappa shape index (κ1) is 25.4. The highest BCUT2D eigenvalue weighted by Crippen LogP contribution is 2.42. The van der Waals surface area contributed by atoms with Gasteiger partial charge < -0.3 is 41.4 Å². The number of nitrogens with zero attached hydrogens (tertiary/aromatic N) is 8. The number of aliphatic hydroxyl groups excluding tert-OH is 4. The van der Waals surface area contributed by atoms with Crippen LogP contribution >= 0.6 is 21.6 Å². The van der Waals surface area contributed by atoms with E-state index in [1.165, 1.54) is 34.2 Å². The number of ether oxygens (including phenoxy) is 2. The van der Waals surface area contributed by atoms with Crippen LogP contribution in [0.3, 0.4) is 0 Å². The second kappa shape index (κ2) is 10.0. The summed E-state index contributed by atoms with van der Waals surface area (Å²) < 4.78 is 14.8. The Hall–Kier alpha value is -2.84. The number of fused-ring (bicyclic) bond motifs is 2. The molecule has 0 saturated carbocycles. The lowest BCUT2D eigenvalue weighted by Crippen LogP contribution is -2.24. The molecule has 2 saturated heterocycles. The molecule has 38 heavy (non-hydrogen) atoms. The molecule has 18 heteroatoms. The number of hydrogen-bond donors (Lipinski definition) is 6. The fourth-order valence-electron chi connectivity index (χ4n) is 4.53. The third-order valence-corrected chi connectivity index (χ3v) is 8.57. The van der Waals surface area contributed by atoms with Crippen molar-refractivity contribution in [1.29, 1.82) is 0 Å². The van der Waals surface area contributed by atoms with Crippen LogP contribution < -0.4 is 11.5 Å². The third kappa shape index (κ3) is 4.41. The number of rotatable bonds is 7. The second-order valence-corrected chi connectivity index (χ2v) is 10.9. The fourth-order valence-corrected chi connectivity index (χ4v) is 6.57. The molecule has 0 spiro atoms. The normalized spacial score (nSPS) is 27.7. The summed E-state index contributed by atoms with van der Waals surface area (Å²) in [6.45, 7) is -0.609. The average molecular weight is 565 g/mol. The SMILES string of the molecule is Nc1nc(SSc2nc(N)nc3c2ncn3[C@@H]2C[C@H](O)[C@H](CO)O2)c2ncn([C@@H]3C[C@@H](O)[C@H](CO)O3)c2n1. The van der Waals surface area contributed by atoms with Crippen LogP contribution in [-0.2, 0) is 9.47 Å². The Labute approximate surface area is 221 Å². The molecule has 16 nitrogen and oxygen atoms in total. The lowest BCUT2D eigenvalue weighted by Gasteiger charge is -2.14. The third-order valence-electron chi connectivity index (χ3n) is 6.40. The molecule has 0 aliphatic carbocycles. The molecular formula is C20H24N10O6S2. The molecule has 8 N–H and O–H groups in total. The molecule has 0 bridgehead atoms. The van der Waals surface area contributed by atoms with Crippen LogP contribution in [0.15, 0.2) is 22.7 Å². The van der Waals surface area contributed by atoms with Crippen molar-refractivity contribution in [1.82, 2.24) is 39.0 Å². The maximum atomic E-state index is 10.1. The van der Waals surface area contributed by atoms with E-state index in [-0.39, 0.29) is 38.0 Å². The summed E-state index contributed by atoms with van der Waals surface area (Å²) in [4.78, 5) is 26.2. The largest absolute Gasteiger partial charge is 0.394 e. The lowest BCUT2D eigenvalue weighted by atomic mass is 10.2. The summed E-state index contributed by atoms with van der Waals surface area (Å²) in [5.74, 6) is 0.0400. The maximum absolute atomic E-state index is 10.1. The minimum Gasteiger partial charge on any atom is -0.394 e. The molecule has 202 valence electrons. The van der Waals surface area contributed by atoms with Crippen LogP contribution in [0, 0.1) is 0 Å². The van der Waals surface area contributed by atoms with E-state index >= 15 is 0 Å². The van der Waals surface area contributed by atoms with Crippen molar-refractivity contribution in [2.75, 3.05) is 24.7 Å². The van der Waals surface area contributed by atoms with Gasteiger partial charge in [-0.15, -0.1) is 0 Å². The van der Waals surface area contributed by atoms with Crippen molar-refractivity contribution >= 4 is 55.8 Å². The molecule has 0 amide bonds. The van der Waals surface area contributed by atoms with Gasteiger partial charge >= 0.3 is 0 Å². The van der Waals surface area contributed by atoms with E-state index in [9.17, 15) is 20.4 Å². The fraction of sp³-hybridized carbons (Fsp3) is 0.500. The van der Waals surface area contributed by atoms with E-state index in [2.05, 4.69) is 29.9 Å². The van der Waals surface area contributed by atoms with E-state index in [0.717, 1.165) is 0 Å². The molecule has 0 radical (unpaired) electrons. The van der Waals surface area contributed by atoms with Crippen LogP contribution in [0.2, 0.25) is 0 Å². The molecule has 0 unspecified atom stereocenters. The van der Waals surface area contributed by atoms with Crippen LogP contribution in [0.1, 0.15) is 25.3 Å². The van der Waals surface area contributed by atoms with E-state index in [1.807, 2.05) is 0 Å². The second-order valence-electron chi connectivity index (χ2n) is 8.82. The minimum atomic E-state index is -0.816. The summed E-state index contributed by atoms with van der Waals surface area (Å²) in [5.41, 5.74) is 13.8. The van der Waals surface area contributed by atoms with Crippen LogP contribution in [0.25, 0.3) is 22.3 Å². The van der Waals surface area contributed by atoms with Gasteiger partial charge in [-0.25, -0.2) is 19.9 Å². The van der Waals surface area contributed by atoms with Crippen molar-refractivity contribution in [2.24, 2.45) is 0 Å². The Morgan fingerprint density at radius 1 is 0.763 bits per heavy atom. The van der Waals surface area contributed by atoms with Crippen molar-refractivity contribution in [3.05, 3.63) is 12.7 Å². The van der Waals surface area contributed by atoms with Gasteiger partial charge in [0.25, 0.3) is 0 Å². The zero-order chi connectivity index (χ0) is 26.6. The van der Waals surface area contributed by atoms with E-state index < -0.39 is 36.9 Å². The number of nitrogen functional groups attached to an aromatic ring is 2. The van der Waals surface area contributed by atoms with Crippen molar-refractivity contribution < 1.29 is 29.9 Å². The Bertz CT molecular complexity index is 1380. The molecule has 2 aliphatic rings. The van der Waals surface area contributed by atoms with Crippen LogP contribution in [0.5, 0.6) is 0 Å². The van der Waals surface area contributed by atoms with Crippen molar-refractivity contribution in [3.8, 4) is 0 Å². The van der Waals surface area contributed by atoms with Gasteiger partial charge in [0.1, 0.15) is 45.7 Å². The van der Waals surface area contributed by atoms with E-state index in [4.69, 9.17) is 20.9 Å². The number of imidazole rings is 2. The van der Waals surface area contributed by atoms with Gasteiger partial charge in [-0.1, -0.05) is 0 Å². The van der Waals surface area contributed by atoms with E-state index in [1.54, 1.807) is 9.13 Å². The first-order valence-electron chi connectivity index (χ1n) is 11.6. The molecule has 2 fully saturated rings. The molecule has 4 aromatic rings. The van der Waals surface area contributed by atoms with Gasteiger partial charge in [-0.3, -0.25) is 9.13 Å². The minimum absolute atomic E-state index is 0.0200. The summed E-state index contributed by atoms with van der Waals surface area (Å²) >= 11 is 0. The van der Waals surface area contributed by atoms with Gasteiger partial charge in [0.15, 0.2) is 11.3 Å². The Kier molecular flexibility index (Phi) is 6.72. The molecule has 2 aliphatic heterocycles. The predicted molar refractivity (Wildman–Crippen MR) is 134 cm³/mol. The molecule has 6 rings (SSSR count). The summed E-state index contributed by atoms with van der Waals surface area (Å²) in [7, 11) is 2.46. The monoisotopic (exact) mass is 564 g/mol. The first-order chi connectivity index (χ1) is 18.4. The van der Waals surface area contributed by atoms with Crippen LogP contribution in [0.4, 0.5) is 11.9 Å². The molecular weight excluding hydrogens is 540 g/mol. The zero-order valence-corrected chi connectivity index (χ0v) is 21.2. The van der Waals surface area contributed by atoms with Gasteiger partial charge in [0.05, 0.1) is 38.1 Å². The highest BCUT2D eigenvalue weighted by atomic mass is 33.1. The summed E-state index contributed by atoms with van der Waals surface area (Å²) in [6, 6.07) is 0. The topological polar surface area (TPSA) is 239 Å². The summed E-state index contributed by atoms with van der Waals surface area (Å²) in [5, 5.41) is 40.0. The lowest BCUT2D eigenvalue weighted by molar-refractivity contribution is -0.0432. The Balaban J connectivity index is 1.28. The standard InChI is InChI=1S/C20H24N10O6S2/c21-19-25-15-13(23-5-29(15)11-1-7(33)9(3-31)35-11)17(27-19)37-38-18-14-16(26-20(22)28-18)30(6-24-14)12-2-8(34)10(4-32)36-12/h5-12,31-34H,1-4H2,(H2,21,25,27)(H2,22,26,28)/t7-,8+,9-,10-,11-,12-/m0/s1. The zero-order valence-electron chi connectivity index (χ0n) is 19.6. The Morgan fingerprint density at radius 3 is 1.55 bits per heavy atom. The first-order valence-corrected chi connectivity index (χ1v) is 13.7. The smallest absolute Gasteiger partial charge is 0.223 e. The molecule has 6 heterocycles. The predicted octanol–water partition coefficient (Wildman–Crippen LogP) is -0.789.